The molecule has 1 N–H and O–H groups in total. The van der Waals surface area contributed by atoms with E-state index >= 15 is 0 Å². The maximum absolute atomic E-state index is 9.32. The molecular weight excluding hydrogens is 198 g/mol. The maximum atomic E-state index is 9.32. The molecule has 0 aromatic carbocycles. The summed E-state index contributed by atoms with van der Waals surface area (Å²) in [4.78, 5) is 2.52. The molecule has 0 amide bonds. The molecule has 1 saturated carbocycles. The summed E-state index contributed by atoms with van der Waals surface area (Å²) in [5, 5.41) is 12.7. The molecule has 0 spiro atoms. The van der Waals surface area contributed by atoms with Gasteiger partial charge in [-0.3, -0.25) is 5.32 Å². The largest absolute Gasteiger partial charge is 0.301 e. The van der Waals surface area contributed by atoms with Crippen molar-refractivity contribution in [2.45, 2.75) is 58.0 Å². The van der Waals surface area contributed by atoms with Crippen LogP contribution in [-0.4, -0.2) is 36.1 Å². The molecule has 1 fully saturated rings. The molecule has 3 heteroatoms. The lowest BCUT2D eigenvalue weighted by molar-refractivity contribution is 0.202. The number of nitriles is 1. The Hall–Kier alpha value is -0.590. The van der Waals surface area contributed by atoms with Gasteiger partial charge < -0.3 is 4.90 Å². The lowest BCUT2D eigenvalue weighted by atomic mass is 9.99. The Bertz CT molecular complexity index is 246. The first-order chi connectivity index (χ1) is 7.71. The average Bonchev–Trinajstić information content (AvgIpc) is 2.71. The van der Waals surface area contributed by atoms with Crippen LogP contribution in [0.2, 0.25) is 0 Å². The first-order valence-corrected chi connectivity index (χ1v) is 6.61. The summed E-state index contributed by atoms with van der Waals surface area (Å²) in [5.74, 6) is 0. The van der Waals surface area contributed by atoms with E-state index in [1.54, 1.807) is 0 Å². The smallest absolute Gasteiger partial charge is 0.108 e. The van der Waals surface area contributed by atoms with Gasteiger partial charge >= 0.3 is 0 Å². The maximum Gasteiger partial charge on any atom is 0.108 e. The molecule has 0 saturated heterocycles. The highest BCUT2D eigenvalue weighted by molar-refractivity contribution is 5.13. The first-order valence-electron chi connectivity index (χ1n) is 6.61. The second-order valence-corrected chi connectivity index (χ2v) is 4.75. The normalized spacial score (nSPS) is 29.6. The van der Waals surface area contributed by atoms with Crippen LogP contribution in [0.5, 0.6) is 0 Å². The second-order valence-electron chi connectivity index (χ2n) is 4.75. The molecule has 0 aliphatic heterocycles. The molecule has 1 aliphatic rings. The first kappa shape index (κ1) is 13.5. The van der Waals surface area contributed by atoms with E-state index in [4.69, 9.17) is 0 Å². The summed E-state index contributed by atoms with van der Waals surface area (Å²) in [6.45, 7) is 9.67. The Kier molecular flexibility index (Phi) is 5.24. The fourth-order valence-electron chi connectivity index (χ4n) is 2.86. The fourth-order valence-corrected chi connectivity index (χ4v) is 2.86. The Morgan fingerprint density at radius 2 is 2.19 bits per heavy atom. The van der Waals surface area contributed by atoms with E-state index in [0.717, 1.165) is 38.9 Å². The zero-order valence-corrected chi connectivity index (χ0v) is 10.9. The van der Waals surface area contributed by atoms with Gasteiger partial charge in [-0.1, -0.05) is 20.8 Å². The van der Waals surface area contributed by atoms with Gasteiger partial charge in [0.25, 0.3) is 0 Å². The van der Waals surface area contributed by atoms with Crippen molar-refractivity contribution in [3.05, 3.63) is 0 Å². The Balaban J connectivity index is 2.59. The summed E-state index contributed by atoms with van der Waals surface area (Å²) >= 11 is 0. The van der Waals surface area contributed by atoms with Gasteiger partial charge in [-0.2, -0.15) is 5.26 Å². The van der Waals surface area contributed by atoms with Gasteiger partial charge in [-0.15, -0.1) is 0 Å². The minimum Gasteiger partial charge on any atom is -0.301 e. The van der Waals surface area contributed by atoms with Gasteiger partial charge in [-0.05, 0) is 45.3 Å². The van der Waals surface area contributed by atoms with Crippen LogP contribution in [0.4, 0.5) is 0 Å². The van der Waals surface area contributed by atoms with Crippen LogP contribution in [0.15, 0.2) is 0 Å². The van der Waals surface area contributed by atoms with Crippen LogP contribution in [0.25, 0.3) is 0 Å². The molecule has 3 nitrogen and oxygen atoms in total. The van der Waals surface area contributed by atoms with Gasteiger partial charge in [0.1, 0.15) is 5.54 Å². The molecule has 92 valence electrons. The molecule has 0 aromatic heterocycles. The summed E-state index contributed by atoms with van der Waals surface area (Å²) in [5.41, 5.74) is -0.249. The third-order valence-electron chi connectivity index (χ3n) is 3.65. The van der Waals surface area contributed by atoms with E-state index in [1.165, 1.54) is 6.42 Å². The molecule has 1 aliphatic carbocycles. The van der Waals surface area contributed by atoms with Crippen molar-refractivity contribution in [2.24, 2.45) is 0 Å². The lowest BCUT2D eigenvalue weighted by Gasteiger charge is -2.28. The van der Waals surface area contributed by atoms with Crippen molar-refractivity contribution < 1.29 is 0 Å². The number of nitrogens with one attached hydrogen (secondary N) is 1. The molecule has 0 heterocycles. The van der Waals surface area contributed by atoms with Crippen molar-refractivity contribution in [3.63, 3.8) is 0 Å². The van der Waals surface area contributed by atoms with E-state index in [2.05, 4.69) is 37.1 Å². The zero-order chi connectivity index (χ0) is 12.0. The van der Waals surface area contributed by atoms with Crippen molar-refractivity contribution in [2.75, 3.05) is 19.6 Å². The fraction of sp³-hybridized carbons (Fsp3) is 0.923. The molecule has 1 rings (SSSR count). The third kappa shape index (κ3) is 2.96. The van der Waals surface area contributed by atoms with Gasteiger partial charge in [-0.25, -0.2) is 0 Å². The highest BCUT2D eigenvalue weighted by Crippen LogP contribution is 2.32. The van der Waals surface area contributed by atoms with E-state index < -0.39 is 0 Å². The van der Waals surface area contributed by atoms with Crippen molar-refractivity contribution in [1.82, 2.24) is 10.2 Å². The van der Waals surface area contributed by atoms with E-state index in [0.29, 0.717) is 6.04 Å². The summed E-state index contributed by atoms with van der Waals surface area (Å²) in [6.07, 6.45) is 4.35. The number of hydrogen-bond donors (Lipinski definition) is 1. The van der Waals surface area contributed by atoms with Gasteiger partial charge in [0.2, 0.25) is 0 Å². The van der Waals surface area contributed by atoms with Crippen LogP contribution < -0.4 is 5.32 Å². The van der Waals surface area contributed by atoms with Crippen LogP contribution in [-0.2, 0) is 0 Å². The number of hydrogen-bond acceptors (Lipinski definition) is 3. The van der Waals surface area contributed by atoms with Crippen molar-refractivity contribution in [3.8, 4) is 6.07 Å². The molecule has 0 radical (unpaired) electrons. The molecular formula is C13H25N3. The minimum absolute atomic E-state index is 0.249. The van der Waals surface area contributed by atoms with Gasteiger partial charge in [0.15, 0.2) is 0 Å². The van der Waals surface area contributed by atoms with Crippen LogP contribution >= 0.6 is 0 Å². The minimum atomic E-state index is -0.249. The lowest BCUT2D eigenvalue weighted by Crippen LogP contribution is -2.44. The Labute approximate surface area is 99.8 Å². The predicted molar refractivity (Wildman–Crippen MR) is 67.2 cm³/mol. The molecule has 2 unspecified atom stereocenters. The number of nitrogens with zero attached hydrogens (tertiary/aromatic N) is 2. The highest BCUT2D eigenvalue weighted by Gasteiger charge is 2.40. The monoisotopic (exact) mass is 223 g/mol. The number of rotatable bonds is 6. The summed E-state index contributed by atoms with van der Waals surface area (Å²) < 4.78 is 0. The van der Waals surface area contributed by atoms with Gasteiger partial charge in [0.05, 0.1) is 6.07 Å². The Morgan fingerprint density at radius 1 is 1.44 bits per heavy atom. The van der Waals surface area contributed by atoms with E-state index in [9.17, 15) is 5.26 Å². The predicted octanol–water partition coefficient (Wildman–Crippen LogP) is 2.14. The zero-order valence-electron chi connectivity index (χ0n) is 10.9. The highest BCUT2D eigenvalue weighted by atomic mass is 15.2. The van der Waals surface area contributed by atoms with E-state index in [1.807, 2.05) is 0 Å². The summed E-state index contributed by atoms with van der Waals surface area (Å²) in [6, 6.07) is 3.09. The standard InChI is InChI=1S/C13H25N3/c1-4-9-16(6-3)12-7-8-13(10-12,11-14)15-5-2/h12,15H,4-10H2,1-3H3. The topological polar surface area (TPSA) is 39.1 Å². The van der Waals surface area contributed by atoms with Crippen LogP contribution in [0.1, 0.15) is 46.5 Å². The third-order valence-corrected chi connectivity index (χ3v) is 3.65. The quantitative estimate of drug-likeness (QED) is 0.750. The van der Waals surface area contributed by atoms with Gasteiger partial charge in [0, 0.05) is 6.04 Å². The average molecular weight is 223 g/mol. The molecule has 0 bridgehead atoms. The molecule has 16 heavy (non-hydrogen) atoms. The second kappa shape index (κ2) is 6.22. The van der Waals surface area contributed by atoms with Crippen molar-refractivity contribution >= 4 is 0 Å². The van der Waals surface area contributed by atoms with Crippen LogP contribution in [0.3, 0.4) is 0 Å². The molecule has 0 aromatic rings. The SMILES string of the molecule is CCCN(CC)C1CCC(C#N)(NCC)C1. The van der Waals surface area contributed by atoms with Crippen LogP contribution in [0, 0.1) is 11.3 Å². The summed E-state index contributed by atoms with van der Waals surface area (Å²) in [7, 11) is 0. The van der Waals surface area contributed by atoms with E-state index in [-0.39, 0.29) is 5.54 Å². The molecule has 2 atom stereocenters. The van der Waals surface area contributed by atoms with Crippen molar-refractivity contribution in [1.29, 1.82) is 5.26 Å². The Morgan fingerprint density at radius 3 is 2.69 bits per heavy atom.